The Labute approximate surface area is 158 Å². The first kappa shape index (κ1) is 18.6. The molecule has 1 aromatic carbocycles. The molecule has 2 N–H and O–H groups in total. The number of rotatable bonds is 7. The Bertz CT molecular complexity index is 849. The van der Waals surface area contributed by atoms with Gasteiger partial charge in [-0.2, -0.15) is 4.98 Å². The van der Waals surface area contributed by atoms with Crippen molar-refractivity contribution in [3.05, 3.63) is 66.3 Å². The average Bonchev–Trinajstić information content (AvgIpc) is 3.17. The summed E-state index contributed by atoms with van der Waals surface area (Å²) in [5.74, 6) is 0.954. The monoisotopic (exact) mass is 365 g/mol. The summed E-state index contributed by atoms with van der Waals surface area (Å²) in [6.45, 7) is 4.53. The predicted octanol–water partition coefficient (Wildman–Crippen LogP) is 3.37. The first-order valence-corrected chi connectivity index (χ1v) is 8.96. The summed E-state index contributed by atoms with van der Waals surface area (Å²) in [5.41, 5.74) is 1.99. The molecule has 2 amide bonds. The highest BCUT2D eigenvalue weighted by atomic mass is 16.5. The van der Waals surface area contributed by atoms with Gasteiger partial charge in [0, 0.05) is 24.5 Å². The van der Waals surface area contributed by atoms with Gasteiger partial charge < -0.3 is 15.2 Å². The van der Waals surface area contributed by atoms with Gasteiger partial charge >= 0.3 is 6.03 Å². The number of carbonyl (C=O) groups is 1. The molecule has 27 heavy (non-hydrogen) atoms. The van der Waals surface area contributed by atoms with Crippen LogP contribution in [0.25, 0.3) is 11.4 Å². The van der Waals surface area contributed by atoms with E-state index in [2.05, 4.69) is 25.8 Å². The number of benzene rings is 1. The Morgan fingerprint density at radius 2 is 1.85 bits per heavy atom. The van der Waals surface area contributed by atoms with E-state index in [1.807, 2.05) is 56.3 Å². The summed E-state index contributed by atoms with van der Waals surface area (Å²) in [6.07, 6.45) is 4.11. The van der Waals surface area contributed by atoms with Gasteiger partial charge in [-0.3, -0.25) is 4.98 Å². The van der Waals surface area contributed by atoms with Crippen molar-refractivity contribution in [2.45, 2.75) is 26.3 Å². The molecule has 2 heterocycles. The van der Waals surface area contributed by atoms with Crippen molar-refractivity contribution in [2.24, 2.45) is 5.92 Å². The zero-order valence-corrected chi connectivity index (χ0v) is 15.4. The Hall–Kier alpha value is -3.22. The van der Waals surface area contributed by atoms with Gasteiger partial charge in [0.15, 0.2) is 0 Å². The molecule has 0 aliphatic carbocycles. The lowest BCUT2D eigenvalue weighted by Crippen LogP contribution is -2.40. The van der Waals surface area contributed by atoms with Gasteiger partial charge in [0.1, 0.15) is 6.04 Å². The lowest BCUT2D eigenvalue weighted by molar-refractivity contribution is 0.225. The molecule has 0 fully saturated rings. The van der Waals surface area contributed by atoms with Crippen LogP contribution in [0.15, 0.2) is 59.4 Å². The second kappa shape index (κ2) is 8.93. The fourth-order valence-corrected chi connectivity index (χ4v) is 2.65. The Kier molecular flexibility index (Phi) is 6.14. The van der Waals surface area contributed by atoms with Crippen LogP contribution < -0.4 is 10.6 Å². The number of nitrogens with one attached hydrogen (secondary N) is 2. The molecular formula is C20H23N5O2. The smallest absolute Gasteiger partial charge is 0.315 e. The van der Waals surface area contributed by atoms with E-state index in [-0.39, 0.29) is 18.0 Å². The lowest BCUT2D eigenvalue weighted by Gasteiger charge is -2.18. The number of amides is 2. The van der Waals surface area contributed by atoms with Crippen molar-refractivity contribution in [3.63, 3.8) is 0 Å². The molecule has 0 aliphatic rings. The van der Waals surface area contributed by atoms with Crippen molar-refractivity contribution in [2.75, 3.05) is 6.54 Å². The summed E-state index contributed by atoms with van der Waals surface area (Å²) < 4.78 is 5.39. The van der Waals surface area contributed by atoms with E-state index in [1.165, 1.54) is 5.56 Å². The van der Waals surface area contributed by atoms with Crippen LogP contribution in [0, 0.1) is 5.92 Å². The van der Waals surface area contributed by atoms with Gasteiger partial charge in [-0.15, -0.1) is 0 Å². The predicted molar refractivity (Wildman–Crippen MR) is 102 cm³/mol. The minimum absolute atomic E-state index is 0.0932. The molecular weight excluding hydrogens is 342 g/mol. The lowest BCUT2D eigenvalue weighted by atomic mass is 10.0. The van der Waals surface area contributed by atoms with E-state index in [4.69, 9.17) is 4.52 Å². The van der Waals surface area contributed by atoms with Crippen molar-refractivity contribution in [3.8, 4) is 11.4 Å². The number of hydrogen-bond donors (Lipinski definition) is 2. The maximum absolute atomic E-state index is 12.3. The normalized spacial score (nSPS) is 12.0. The summed E-state index contributed by atoms with van der Waals surface area (Å²) in [4.78, 5) is 20.7. The average molecular weight is 365 g/mol. The van der Waals surface area contributed by atoms with Crippen molar-refractivity contribution in [1.82, 2.24) is 25.8 Å². The number of hydrogen-bond acceptors (Lipinski definition) is 5. The standard InChI is InChI=1S/C20H23N5O2/c1-14(2)17(19-24-18(25-27-19)16-9-11-21-12-10-16)23-20(26)22-13-8-15-6-4-3-5-7-15/h3-7,9-12,14,17H,8,13H2,1-2H3,(H2,22,23,26)/t17-/m0/s1. The molecule has 2 aromatic heterocycles. The molecule has 7 heteroatoms. The second-order valence-corrected chi connectivity index (χ2v) is 6.55. The summed E-state index contributed by atoms with van der Waals surface area (Å²) in [5, 5.41) is 9.81. The van der Waals surface area contributed by atoms with Crippen LogP contribution >= 0.6 is 0 Å². The number of aromatic nitrogens is 3. The van der Waals surface area contributed by atoms with Crippen LogP contribution in [0.3, 0.4) is 0 Å². The third-order valence-corrected chi connectivity index (χ3v) is 4.14. The van der Waals surface area contributed by atoms with Gasteiger partial charge in [0.2, 0.25) is 11.7 Å². The van der Waals surface area contributed by atoms with Gasteiger partial charge in [-0.1, -0.05) is 49.3 Å². The first-order chi connectivity index (χ1) is 13.1. The van der Waals surface area contributed by atoms with Crippen molar-refractivity contribution in [1.29, 1.82) is 0 Å². The van der Waals surface area contributed by atoms with E-state index < -0.39 is 0 Å². The molecule has 0 aliphatic heterocycles. The van der Waals surface area contributed by atoms with Gasteiger partial charge in [0.25, 0.3) is 0 Å². The van der Waals surface area contributed by atoms with Crippen LogP contribution in [0.2, 0.25) is 0 Å². The SMILES string of the molecule is CC(C)[C@H](NC(=O)NCCc1ccccc1)c1nc(-c2ccncc2)no1. The Balaban J connectivity index is 1.59. The van der Waals surface area contributed by atoms with Crippen LogP contribution in [-0.4, -0.2) is 27.7 Å². The van der Waals surface area contributed by atoms with E-state index >= 15 is 0 Å². The van der Waals surface area contributed by atoms with Crippen LogP contribution in [0.5, 0.6) is 0 Å². The molecule has 0 saturated heterocycles. The third kappa shape index (κ3) is 5.13. The maximum atomic E-state index is 12.3. The molecule has 140 valence electrons. The highest BCUT2D eigenvalue weighted by Crippen LogP contribution is 2.23. The van der Waals surface area contributed by atoms with Gasteiger partial charge in [-0.05, 0) is 30.0 Å². The Morgan fingerprint density at radius 3 is 2.56 bits per heavy atom. The van der Waals surface area contributed by atoms with E-state index in [9.17, 15) is 4.79 Å². The zero-order valence-electron chi connectivity index (χ0n) is 15.4. The minimum atomic E-state index is -0.371. The van der Waals surface area contributed by atoms with Crippen LogP contribution in [0.4, 0.5) is 4.79 Å². The molecule has 1 atom stereocenters. The highest BCUT2D eigenvalue weighted by molar-refractivity contribution is 5.74. The fourth-order valence-electron chi connectivity index (χ4n) is 2.65. The second-order valence-electron chi connectivity index (χ2n) is 6.55. The van der Waals surface area contributed by atoms with E-state index in [1.54, 1.807) is 12.4 Å². The number of carbonyl (C=O) groups excluding carboxylic acids is 1. The van der Waals surface area contributed by atoms with Crippen LogP contribution in [0.1, 0.15) is 31.3 Å². The molecule has 0 saturated carbocycles. The van der Waals surface area contributed by atoms with Crippen LogP contribution in [-0.2, 0) is 6.42 Å². The topological polar surface area (TPSA) is 92.9 Å². The maximum Gasteiger partial charge on any atom is 0.315 e. The quantitative estimate of drug-likeness (QED) is 0.670. The summed E-state index contributed by atoms with van der Waals surface area (Å²) in [7, 11) is 0. The van der Waals surface area contributed by atoms with Gasteiger partial charge in [0.05, 0.1) is 0 Å². The fraction of sp³-hybridized carbons (Fsp3) is 0.300. The van der Waals surface area contributed by atoms with Crippen molar-refractivity contribution >= 4 is 6.03 Å². The molecule has 0 spiro atoms. The third-order valence-electron chi connectivity index (χ3n) is 4.14. The highest BCUT2D eigenvalue weighted by Gasteiger charge is 2.24. The number of nitrogens with zero attached hydrogens (tertiary/aromatic N) is 3. The number of pyridine rings is 1. The molecule has 0 unspecified atom stereocenters. The Morgan fingerprint density at radius 1 is 1.11 bits per heavy atom. The number of urea groups is 1. The van der Waals surface area contributed by atoms with Gasteiger partial charge in [-0.25, -0.2) is 4.79 Å². The molecule has 7 nitrogen and oxygen atoms in total. The molecule has 3 aromatic rings. The largest absolute Gasteiger partial charge is 0.338 e. The van der Waals surface area contributed by atoms with E-state index in [0.29, 0.717) is 18.3 Å². The molecule has 0 radical (unpaired) electrons. The summed E-state index contributed by atoms with van der Waals surface area (Å²) >= 11 is 0. The molecule has 3 rings (SSSR count). The first-order valence-electron chi connectivity index (χ1n) is 8.96. The summed E-state index contributed by atoms with van der Waals surface area (Å²) in [6, 6.07) is 13.0. The van der Waals surface area contributed by atoms with E-state index in [0.717, 1.165) is 12.0 Å². The molecule has 0 bridgehead atoms. The van der Waals surface area contributed by atoms with Crippen molar-refractivity contribution < 1.29 is 9.32 Å². The minimum Gasteiger partial charge on any atom is -0.338 e. The zero-order chi connectivity index (χ0) is 19.1.